The zero-order chi connectivity index (χ0) is 20.1. The van der Waals surface area contributed by atoms with Crippen molar-refractivity contribution >= 4 is 11.8 Å². The van der Waals surface area contributed by atoms with E-state index in [1.54, 1.807) is 12.1 Å². The molecule has 1 fully saturated rings. The predicted octanol–water partition coefficient (Wildman–Crippen LogP) is 1.90. The summed E-state index contributed by atoms with van der Waals surface area (Å²) in [7, 11) is 0. The van der Waals surface area contributed by atoms with Gasteiger partial charge in [-0.05, 0) is 36.1 Å². The third-order valence-electron chi connectivity index (χ3n) is 5.52. The topological polar surface area (TPSA) is 85.9 Å². The molecular weight excluding hydrogens is 372 g/mol. The Hall–Kier alpha value is -3.06. The molecule has 0 atom stereocenters. The number of amides is 2. The van der Waals surface area contributed by atoms with E-state index >= 15 is 0 Å². The lowest BCUT2D eigenvalue weighted by molar-refractivity contribution is -0.139. The minimum Gasteiger partial charge on any atom is -0.454 e. The lowest BCUT2D eigenvalue weighted by Crippen LogP contribution is -2.48. The van der Waals surface area contributed by atoms with E-state index in [0.717, 1.165) is 24.0 Å². The van der Waals surface area contributed by atoms with Crippen LogP contribution in [0.3, 0.4) is 0 Å². The number of ether oxygens (including phenoxy) is 3. The maximum absolute atomic E-state index is 12.4. The monoisotopic (exact) mass is 396 g/mol. The molecule has 2 aromatic carbocycles. The van der Waals surface area contributed by atoms with Crippen LogP contribution in [-0.2, 0) is 26.3 Å². The second-order valence-corrected chi connectivity index (χ2v) is 7.31. The molecule has 0 aromatic heterocycles. The van der Waals surface area contributed by atoms with E-state index in [9.17, 15) is 9.59 Å². The Morgan fingerprint density at radius 1 is 0.897 bits per heavy atom. The maximum Gasteiger partial charge on any atom is 0.309 e. The van der Waals surface area contributed by atoms with Crippen LogP contribution in [0.4, 0.5) is 0 Å². The number of benzene rings is 2. The molecule has 4 rings (SSSR count). The van der Waals surface area contributed by atoms with Crippen molar-refractivity contribution < 1.29 is 23.8 Å². The lowest BCUT2D eigenvalue weighted by atomic mass is 9.74. The van der Waals surface area contributed by atoms with Gasteiger partial charge in [0.2, 0.25) is 6.79 Å². The van der Waals surface area contributed by atoms with E-state index < -0.39 is 11.8 Å². The van der Waals surface area contributed by atoms with Crippen LogP contribution >= 0.6 is 0 Å². The molecule has 29 heavy (non-hydrogen) atoms. The Bertz CT molecular complexity index is 878. The molecule has 7 heteroatoms. The highest BCUT2D eigenvalue weighted by atomic mass is 16.7. The summed E-state index contributed by atoms with van der Waals surface area (Å²) in [5.74, 6) is 0.0384. The molecule has 2 aromatic rings. The number of hydrogen-bond acceptors (Lipinski definition) is 5. The first-order valence-electron chi connectivity index (χ1n) is 9.74. The third kappa shape index (κ3) is 4.35. The van der Waals surface area contributed by atoms with E-state index in [-0.39, 0.29) is 18.8 Å². The average molecular weight is 396 g/mol. The molecule has 0 saturated carbocycles. The molecule has 7 nitrogen and oxygen atoms in total. The van der Waals surface area contributed by atoms with Crippen LogP contribution in [0.1, 0.15) is 24.0 Å². The molecule has 0 bridgehead atoms. The van der Waals surface area contributed by atoms with Crippen LogP contribution in [0.15, 0.2) is 48.5 Å². The summed E-state index contributed by atoms with van der Waals surface area (Å²) < 4.78 is 16.1. The molecule has 1 saturated heterocycles. The van der Waals surface area contributed by atoms with Crippen LogP contribution < -0.4 is 20.1 Å². The van der Waals surface area contributed by atoms with E-state index in [2.05, 4.69) is 22.8 Å². The predicted molar refractivity (Wildman–Crippen MR) is 106 cm³/mol. The largest absolute Gasteiger partial charge is 0.454 e. The summed E-state index contributed by atoms with van der Waals surface area (Å²) in [5.41, 5.74) is 1.78. The Kier molecular flexibility index (Phi) is 5.67. The Balaban J connectivity index is 1.33. The highest BCUT2D eigenvalue weighted by molar-refractivity contribution is 6.35. The van der Waals surface area contributed by atoms with Crippen LogP contribution in [0.5, 0.6) is 11.5 Å². The summed E-state index contributed by atoms with van der Waals surface area (Å²) >= 11 is 0. The van der Waals surface area contributed by atoms with Crippen molar-refractivity contribution in [2.45, 2.75) is 24.8 Å². The fourth-order valence-corrected chi connectivity index (χ4v) is 3.76. The summed E-state index contributed by atoms with van der Waals surface area (Å²) in [6.45, 7) is 2.11. The van der Waals surface area contributed by atoms with E-state index in [4.69, 9.17) is 14.2 Å². The summed E-state index contributed by atoms with van der Waals surface area (Å²) in [4.78, 5) is 24.6. The van der Waals surface area contributed by atoms with Gasteiger partial charge in [-0.25, -0.2) is 0 Å². The standard InChI is InChI=1S/C22H24N2O5/c25-20(23-13-16-6-7-18-19(12-16)29-15-28-18)21(26)24-14-22(8-10-27-11-9-22)17-4-2-1-3-5-17/h1-7,12H,8-11,13-15H2,(H,23,25)(H,24,26). The van der Waals surface area contributed by atoms with Gasteiger partial charge in [0, 0.05) is 31.7 Å². The number of carbonyl (C=O) groups is 2. The van der Waals surface area contributed by atoms with Gasteiger partial charge >= 0.3 is 11.8 Å². The molecule has 0 radical (unpaired) electrons. The van der Waals surface area contributed by atoms with Crippen LogP contribution in [0.25, 0.3) is 0 Å². The number of fused-ring (bicyclic) bond motifs is 1. The first-order valence-corrected chi connectivity index (χ1v) is 9.74. The number of hydrogen-bond donors (Lipinski definition) is 2. The number of nitrogens with one attached hydrogen (secondary N) is 2. The Morgan fingerprint density at radius 2 is 1.62 bits per heavy atom. The normalized spacial score (nSPS) is 16.8. The SMILES string of the molecule is O=C(NCc1ccc2c(c1)OCO2)C(=O)NCC1(c2ccccc2)CCOCC1. The van der Waals surface area contributed by atoms with Gasteiger partial charge in [-0.15, -0.1) is 0 Å². The van der Waals surface area contributed by atoms with Gasteiger partial charge in [0.05, 0.1) is 0 Å². The molecule has 152 valence electrons. The first kappa shape index (κ1) is 19.3. The van der Waals surface area contributed by atoms with Crippen molar-refractivity contribution in [3.63, 3.8) is 0 Å². The van der Waals surface area contributed by atoms with Gasteiger partial charge in [0.1, 0.15) is 0 Å². The van der Waals surface area contributed by atoms with Crippen LogP contribution in [-0.4, -0.2) is 38.4 Å². The van der Waals surface area contributed by atoms with E-state index in [1.807, 2.05) is 24.3 Å². The molecule has 0 unspecified atom stereocenters. The summed E-state index contributed by atoms with van der Waals surface area (Å²) in [6, 6.07) is 15.5. The smallest absolute Gasteiger partial charge is 0.309 e. The van der Waals surface area contributed by atoms with Gasteiger partial charge in [-0.2, -0.15) is 0 Å². The van der Waals surface area contributed by atoms with E-state index in [1.165, 1.54) is 0 Å². The Morgan fingerprint density at radius 3 is 2.41 bits per heavy atom. The summed E-state index contributed by atoms with van der Waals surface area (Å²) in [5, 5.41) is 5.48. The first-order chi connectivity index (χ1) is 14.2. The van der Waals surface area contributed by atoms with Crippen molar-refractivity contribution in [3.05, 3.63) is 59.7 Å². The molecule has 2 N–H and O–H groups in total. The van der Waals surface area contributed by atoms with Crippen molar-refractivity contribution in [3.8, 4) is 11.5 Å². The van der Waals surface area contributed by atoms with Crippen LogP contribution in [0, 0.1) is 0 Å². The second kappa shape index (κ2) is 8.53. The van der Waals surface area contributed by atoms with Gasteiger partial charge in [0.15, 0.2) is 11.5 Å². The fraction of sp³-hybridized carbons (Fsp3) is 0.364. The second-order valence-electron chi connectivity index (χ2n) is 7.31. The van der Waals surface area contributed by atoms with Crippen LogP contribution in [0.2, 0.25) is 0 Å². The number of rotatable bonds is 5. The molecule has 2 amide bonds. The van der Waals surface area contributed by atoms with Crippen molar-refractivity contribution in [2.24, 2.45) is 0 Å². The fourth-order valence-electron chi connectivity index (χ4n) is 3.76. The average Bonchev–Trinajstić information content (AvgIpc) is 3.25. The highest BCUT2D eigenvalue weighted by Crippen LogP contribution is 2.34. The maximum atomic E-state index is 12.4. The lowest BCUT2D eigenvalue weighted by Gasteiger charge is -2.37. The van der Waals surface area contributed by atoms with E-state index in [0.29, 0.717) is 31.3 Å². The van der Waals surface area contributed by atoms with Gasteiger partial charge in [0.25, 0.3) is 0 Å². The molecule has 0 spiro atoms. The summed E-state index contributed by atoms with van der Waals surface area (Å²) in [6.07, 6.45) is 1.60. The zero-order valence-electron chi connectivity index (χ0n) is 16.1. The Labute approximate surface area is 169 Å². The number of carbonyl (C=O) groups excluding carboxylic acids is 2. The zero-order valence-corrected chi connectivity index (χ0v) is 16.1. The molecular formula is C22H24N2O5. The van der Waals surface area contributed by atoms with Crippen molar-refractivity contribution in [2.75, 3.05) is 26.6 Å². The van der Waals surface area contributed by atoms with Gasteiger partial charge in [-0.1, -0.05) is 36.4 Å². The van der Waals surface area contributed by atoms with Gasteiger partial charge in [-0.3, -0.25) is 9.59 Å². The molecule has 0 aliphatic carbocycles. The molecule has 2 heterocycles. The molecule has 2 aliphatic heterocycles. The third-order valence-corrected chi connectivity index (χ3v) is 5.52. The minimum atomic E-state index is -0.655. The molecule has 2 aliphatic rings. The van der Waals surface area contributed by atoms with Crippen molar-refractivity contribution in [1.29, 1.82) is 0 Å². The quantitative estimate of drug-likeness (QED) is 0.754. The highest BCUT2D eigenvalue weighted by Gasteiger charge is 2.35. The van der Waals surface area contributed by atoms with Crippen molar-refractivity contribution in [1.82, 2.24) is 10.6 Å². The van der Waals surface area contributed by atoms with Gasteiger partial charge < -0.3 is 24.8 Å². The minimum absolute atomic E-state index is 0.196.